The van der Waals surface area contributed by atoms with Gasteiger partial charge in [-0.2, -0.15) is 0 Å². The summed E-state index contributed by atoms with van der Waals surface area (Å²) in [7, 11) is 0. The molecule has 0 saturated heterocycles. The largest absolute Gasteiger partial charge is 0.0767 e. The normalized spacial score (nSPS) is 18.1. The first-order valence-electron chi connectivity index (χ1n) is 4.99. The maximum absolute atomic E-state index is 2.22. The van der Waals surface area contributed by atoms with Gasteiger partial charge < -0.3 is 0 Å². The van der Waals surface area contributed by atoms with Crippen molar-refractivity contribution >= 4 is 0 Å². The third-order valence-electron chi connectivity index (χ3n) is 2.08. The lowest BCUT2D eigenvalue weighted by atomic mass is 9.87. The third kappa shape index (κ3) is 3.78. The summed E-state index contributed by atoms with van der Waals surface area (Å²) in [5, 5.41) is 0. The predicted molar refractivity (Wildman–Crippen MR) is 63.6 cm³/mol. The van der Waals surface area contributed by atoms with Crippen molar-refractivity contribution in [3.63, 3.8) is 0 Å². The Labute approximate surface area is 87.7 Å². The minimum Gasteiger partial charge on any atom is -0.0767 e. The van der Waals surface area contributed by atoms with E-state index >= 15 is 0 Å². The summed E-state index contributed by atoms with van der Waals surface area (Å²) in [4.78, 5) is 0. The van der Waals surface area contributed by atoms with Gasteiger partial charge in [0.1, 0.15) is 0 Å². The first-order valence-corrected chi connectivity index (χ1v) is 4.99. The van der Waals surface area contributed by atoms with Gasteiger partial charge in [0.25, 0.3) is 0 Å². The molecular formula is C14H18. The van der Waals surface area contributed by atoms with E-state index < -0.39 is 0 Å². The molecule has 0 nitrogen and oxygen atoms in total. The Morgan fingerprint density at radius 1 is 0.786 bits per heavy atom. The number of rotatable bonds is 0. The summed E-state index contributed by atoms with van der Waals surface area (Å²) in [5.41, 5.74) is 1.74. The highest BCUT2D eigenvalue weighted by Gasteiger charge is 2.15. The highest BCUT2D eigenvalue weighted by atomic mass is 14.2. The van der Waals surface area contributed by atoms with E-state index in [0.717, 1.165) is 0 Å². The molecule has 2 radical (unpaired) electrons. The second-order valence-corrected chi connectivity index (χ2v) is 4.39. The van der Waals surface area contributed by atoms with Crippen LogP contribution in [-0.4, -0.2) is 0 Å². The first-order chi connectivity index (χ1) is 6.61. The fourth-order valence-corrected chi connectivity index (χ4v) is 1.19. The van der Waals surface area contributed by atoms with Gasteiger partial charge in [-0.1, -0.05) is 63.3 Å². The van der Waals surface area contributed by atoms with Crippen LogP contribution < -0.4 is 0 Å². The van der Waals surface area contributed by atoms with Gasteiger partial charge in [-0.15, -0.1) is 0 Å². The molecule has 2 aliphatic carbocycles. The van der Waals surface area contributed by atoms with Crippen LogP contribution in [0.25, 0.3) is 0 Å². The molecule has 0 heteroatoms. The quantitative estimate of drug-likeness (QED) is 0.535. The standard InChI is InChI=1S/C9H13.C5H5/c1-9(2,3)8-6-4-5-7-8;1-2-4-5-3-1/h4-7H,1-3H3;1-5H. The molecule has 0 bridgehead atoms. The minimum absolute atomic E-state index is 0.323. The number of allylic oxidation sites excluding steroid dienone is 8. The zero-order valence-electron chi connectivity index (χ0n) is 9.20. The molecule has 0 spiro atoms. The van der Waals surface area contributed by atoms with Crippen LogP contribution in [0, 0.1) is 18.3 Å². The van der Waals surface area contributed by atoms with Crippen molar-refractivity contribution in [2.75, 3.05) is 0 Å². The Balaban J connectivity index is 0.000000165. The van der Waals surface area contributed by atoms with Crippen LogP contribution in [0.1, 0.15) is 20.8 Å². The van der Waals surface area contributed by atoms with Crippen LogP contribution in [0.2, 0.25) is 0 Å². The Bertz CT molecular complexity index is 270. The Morgan fingerprint density at radius 3 is 1.64 bits per heavy atom. The van der Waals surface area contributed by atoms with E-state index in [4.69, 9.17) is 0 Å². The van der Waals surface area contributed by atoms with E-state index in [0.29, 0.717) is 5.41 Å². The van der Waals surface area contributed by atoms with E-state index in [-0.39, 0.29) is 0 Å². The Morgan fingerprint density at radius 2 is 1.43 bits per heavy atom. The van der Waals surface area contributed by atoms with E-state index in [1.165, 1.54) is 5.57 Å². The smallest absolute Gasteiger partial charge is 0.00537 e. The zero-order chi connectivity index (χ0) is 10.4. The predicted octanol–water partition coefficient (Wildman–Crippen LogP) is 4.05. The van der Waals surface area contributed by atoms with Crippen molar-refractivity contribution in [3.05, 3.63) is 60.9 Å². The molecule has 2 rings (SSSR count). The highest BCUT2D eigenvalue weighted by molar-refractivity contribution is 5.37. The van der Waals surface area contributed by atoms with Gasteiger partial charge >= 0.3 is 0 Å². The van der Waals surface area contributed by atoms with Crippen molar-refractivity contribution in [1.82, 2.24) is 0 Å². The molecule has 0 fully saturated rings. The van der Waals surface area contributed by atoms with Crippen molar-refractivity contribution in [2.24, 2.45) is 5.41 Å². The lowest BCUT2D eigenvalue weighted by Crippen LogP contribution is -2.05. The molecule has 0 aromatic carbocycles. The zero-order valence-corrected chi connectivity index (χ0v) is 9.20. The first kappa shape index (κ1) is 11.0. The monoisotopic (exact) mass is 186 g/mol. The summed E-state index contributed by atoms with van der Waals surface area (Å²) in [6.07, 6.45) is 18.5. The lowest BCUT2D eigenvalue weighted by molar-refractivity contribution is 0.518. The van der Waals surface area contributed by atoms with Gasteiger partial charge in [-0.3, -0.25) is 0 Å². The second kappa shape index (κ2) is 4.99. The summed E-state index contributed by atoms with van der Waals surface area (Å²) in [6, 6.07) is 0. The Hall–Kier alpha value is -1.04. The summed E-state index contributed by atoms with van der Waals surface area (Å²) >= 11 is 0. The lowest BCUT2D eigenvalue weighted by Gasteiger charge is -2.17. The molecule has 0 aromatic heterocycles. The number of hydrogen-bond acceptors (Lipinski definition) is 0. The van der Waals surface area contributed by atoms with Gasteiger partial charge in [-0.05, 0) is 11.0 Å². The Kier molecular flexibility index (Phi) is 3.94. The molecule has 2 aliphatic rings. The third-order valence-corrected chi connectivity index (χ3v) is 2.08. The van der Waals surface area contributed by atoms with Crippen molar-refractivity contribution < 1.29 is 0 Å². The molecule has 14 heavy (non-hydrogen) atoms. The van der Waals surface area contributed by atoms with E-state index in [2.05, 4.69) is 45.4 Å². The van der Waals surface area contributed by atoms with Crippen molar-refractivity contribution in [3.8, 4) is 0 Å². The molecule has 0 aromatic rings. The molecule has 0 N–H and O–H groups in total. The van der Waals surface area contributed by atoms with Crippen LogP contribution in [0.3, 0.4) is 0 Å². The molecule has 0 unspecified atom stereocenters. The van der Waals surface area contributed by atoms with Gasteiger partial charge in [0.2, 0.25) is 0 Å². The van der Waals surface area contributed by atoms with Gasteiger partial charge in [0, 0.05) is 12.8 Å². The van der Waals surface area contributed by atoms with Gasteiger partial charge in [0.05, 0.1) is 0 Å². The van der Waals surface area contributed by atoms with Crippen molar-refractivity contribution in [2.45, 2.75) is 20.8 Å². The van der Waals surface area contributed by atoms with Gasteiger partial charge in [-0.25, -0.2) is 0 Å². The SMILES string of the molecule is CC(C)(C)C1=C[CH]C=C1.[CH]1C=CC=C1. The van der Waals surface area contributed by atoms with E-state index in [1.54, 1.807) is 0 Å². The molecule has 0 heterocycles. The molecule has 0 saturated carbocycles. The van der Waals surface area contributed by atoms with Crippen LogP contribution in [-0.2, 0) is 0 Å². The van der Waals surface area contributed by atoms with Crippen LogP contribution in [0.5, 0.6) is 0 Å². The van der Waals surface area contributed by atoms with Crippen LogP contribution in [0.15, 0.2) is 48.1 Å². The average molecular weight is 186 g/mol. The topological polar surface area (TPSA) is 0 Å². The van der Waals surface area contributed by atoms with E-state index in [1.807, 2.05) is 30.7 Å². The average Bonchev–Trinajstić information content (AvgIpc) is 2.80. The maximum atomic E-state index is 2.22. The summed E-state index contributed by atoms with van der Waals surface area (Å²) < 4.78 is 0. The molecule has 0 amide bonds. The highest BCUT2D eigenvalue weighted by Crippen LogP contribution is 2.28. The summed E-state index contributed by atoms with van der Waals surface area (Å²) in [5.74, 6) is 0. The molecular weight excluding hydrogens is 168 g/mol. The second-order valence-electron chi connectivity index (χ2n) is 4.39. The van der Waals surface area contributed by atoms with Crippen LogP contribution >= 0.6 is 0 Å². The molecule has 0 aliphatic heterocycles. The van der Waals surface area contributed by atoms with Crippen molar-refractivity contribution in [1.29, 1.82) is 0 Å². The summed E-state index contributed by atoms with van der Waals surface area (Å²) in [6.45, 7) is 6.67. The maximum Gasteiger partial charge on any atom is 0.00537 e. The fourth-order valence-electron chi connectivity index (χ4n) is 1.19. The molecule has 74 valence electrons. The van der Waals surface area contributed by atoms with E-state index in [9.17, 15) is 0 Å². The number of hydrogen-bond donors (Lipinski definition) is 0. The minimum atomic E-state index is 0.323. The van der Waals surface area contributed by atoms with Gasteiger partial charge in [0.15, 0.2) is 0 Å². The van der Waals surface area contributed by atoms with Crippen LogP contribution in [0.4, 0.5) is 0 Å². The fraction of sp³-hybridized carbons (Fsp3) is 0.286. The molecule has 0 atom stereocenters.